The van der Waals surface area contributed by atoms with Crippen LogP contribution in [0.4, 0.5) is 4.79 Å². The average molecular weight is 457 g/mol. The summed E-state index contributed by atoms with van der Waals surface area (Å²) in [7, 11) is 0. The van der Waals surface area contributed by atoms with Crippen molar-refractivity contribution in [3.8, 4) is 5.75 Å². The highest BCUT2D eigenvalue weighted by atomic mass is 16.3. The maximum Gasteiger partial charge on any atom is 0.328 e. The number of imide groups is 1. The standard InChI is InChI=1S/C27H28N4O3/c32-24-11-9-22(10-12-24)18-29-16-13-27(14-17-29)25(33)30(20-23-8-4-5-15-28-23)26(34)31(27)19-21-6-2-1-3-7-21/h1-12,15,32H,13-14,16-20H2. The van der Waals surface area contributed by atoms with E-state index in [-0.39, 0.29) is 24.2 Å². The fourth-order valence-electron chi connectivity index (χ4n) is 4.98. The Hall–Kier alpha value is -3.71. The van der Waals surface area contributed by atoms with Gasteiger partial charge < -0.3 is 10.0 Å². The summed E-state index contributed by atoms with van der Waals surface area (Å²) in [5.41, 5.74) is 1.98. The van der Waals surface area contributed by atoms with Crippen molar-refractivity contribution < 1.29 is 14.7 Å². The summed E-state index contributed by atoms with van der Waals surface area (Å²) in [6, 6.07) is 22.3. The van der Waals surface area contributed by atoms with Crippen molar-refractivity contribution in [2.24, 2.45) is 0 Å². The van der Waals surface area contributed by atoms with E-state index in [1.807, 2.05) is 60.7 Å². The number of rotatable bonds is 6. The molecule has 0 aliphatic carbocycles. The first kappa shape index (κ1) is 22.1. The zero-order valence-electron chi connectivity index (χ0n) is 19.0. The second kappa shape index (κ2) is 9.27. The Labute approximate surface area is 199 Å². The molecule has 3 heterocycles. The van der Waals surface area contributed by atoms with E-state index < -0.39 is 5.54 Å². The van der Waals surface area contributed by atoms with E-state index in [0.29, 0.717) is 38.2 Å². The number of phenolic OH excluding ortho intramolecular Hbond substituents is 1. The highest BCUT2D eigenvalue weighted by molar-refractivity contribution is 6.07. The summed E-state index contributed by atoms with van der Waals surface area (Å²) in [4.78, 5) is 37.1. The first-order valence-electron chi connectivity index (χ1n) is 11.6. The van der Waals surface area contributed by atoms with Crippen molar-refractivity contribution in [3.05, 3.63) is 95.8 Å². The van der Waals surface area contributed by atoms with Gasteiger partial charge >= 0.3 is 6.03 Å². The predicted octanol–water partition coefficient (Wildman–Crippen LogP) is 3.79. The number of likely N-dealkylation sites (tertiary alicyclic amines) is 1. The Morgan fingerprint density at radius 1 is 0.794 bits per heavy atom. The summed E-state index contributed by atoms with van der Waals surface area (Å²) in [6.07, 6.45) is 2.85. The molecule has 7 nitrogen and oxygen atoms in total. The molecule has 0 unspecified atom stereocenters. The smallest absolute Gasteiger partial charge is 0.328 e. The summed E-state index contributed by atoms with van der Waals surface area (Å²) in [5.74, 6) is 0.129. The molecular weight excluding hydrogens is 428 g/mol. The Bertz CT molecular complexity index is 1140. The molecule has 1 spiro atoms. The van der Waals surface area contributed by atoms with Gasteiger partial charge in [0.25, 0.3) is 5.91 Å². The Kier molecular flexibility index (Phi) is 6.02. The summed E-state index contributed by atoms with van der Waals surface area (Å²) < 4.78 is 0. The van der Waals surface area contributed by atoms with Crippen LogP contribution in [-0.4, -0.2) is 55.4 Å². The number of carbonyl (C=O) groups is 2. The molecule has 2 aromatic carbocycles. The average Bonchev–Trinajstić information content (AvgIpc) is 3.05. The van der Waals surface area contributed by atoms with Gasteiger partial charge in [-0.05, 0) is 48.2 Å². The van der Waals surface area contributed by atoms with Gasteiger partial charge in [-0.25, -0.2) is 4.79 Å². The molecule has 0 bridgehead atoms. The molecule has 0 radical (unpaired) electrons. The molecule has 3 aromatic rings. The monoisotopic (exact) mass is 456 g/mol. The van der Waals surface area contributed by atoms with Crippen molar-refractivity contribution >= 4 is 11.9 Å². The molecule has 2 fully saturated rings. The Morgan fingerprint density at radius 2 is 1.47 bits per heavy atom. The van der Waals surface area contributed by atoms with E-state index in [2.05, 4.69) is 9.88 Å². The topological polar surface area (TPSA) is 77.0 Å². The third-order valence-electron chi connectivity index (χ3n) is 6.88. The number of urea groups is 1. The largest absolute Gasteiger partial charge is 0.508 e. The lowest BCUT2D eigenvalue weighted by Gasteiger charge is -2.42. The number of carbonyl (C=O) groups excluding carboxylic acids is 2. The van der Waals surface area contributed by atoms with Gasteiger partial charge in [-0.2, -0.15) is 0 Å². The van der Waals surface area contributed by atoms with E-state index in [4.69, 9.17) is 0 Å². The molecule has 7 heteroatoms. The van der Waals surface area contributed by atoms with E-state index >= 15 is 0 Å². The van der Waals surface area contributed by atoms with Crippen LogP contribution in [0, 0.1) is 0 Å². The highest BCUT2D eigenvalue weighted by Gasteiger charge is 2.57. The van der Waals surface area contributed by atoms with Crippen molar-refractivity contribution in [3.63, 3.8) is 0 Å². The summed E-state index contributed by atoms with van der Waals surface area (Å²) >= 11 is 0. The number of pyridine rings is 1. The van der Waals surface area contributed by atoms with Gasteiger partial charge in [0.2, 0.25) is 0 Å². The van der Waals surface area contributed by atoms with Crippen molar-refractivity contribution in [2.75, 3.05) is 13.1 Å². The van der Waals surface area contributed by atoms with E-state index in [0.717, 1.165) is 17.7 Å². The zero-order chi connectivity index (χ0) is 23.5. The van der Waals surface area contributed by atoms with Gasteiger partial charge in [-0.3, -0.25) is 19.6 Å². The van der Waals surface area contributed by atoms with E-state index in [1.165, 1.54) is 4.90 Å². The molecule has 34 heavy (non-hydrogen) atoms. The fourth-order valence-corrected chi connectivity index (χ4v) is 4.98. The maximum absolute atomic E-state index is 13.8. The molecule has 2 aliphatic heterocycles. The number of aromatic hydroxyl groups is 1. The minimum atomic E-state index is -0.840. The van der Waals surface area contributed by atoms with Gasteiger partial charge in [0, 0.05) is 32.4 Å². The minimum Gasteiger partial charge on any atom is -0.508 e. The number of nitrogens with zero attached hydrogens (tertiary/aromatic N) is 4. The molecule has 3 amide bonds. The van der Waals surface area contributed by atoms with Crippen LogP contribution in [-0.2, 0) is 24.4 Å². The van der Waals surface area contributed by atoms with Crippen molar-refractivity contribution in [2.45, 2.75) is 38.0 Å². The SMILES string of the molecule is O=C1N(Cc2ccccn2)C(=O)C2(CCN(Cc3ccc(O)cc3)CC2)N1Cc1ccccc1. The van der Waals surface area contributed by atoms with Gasteiger partial charge in [0.1, 0.15) is 11.3 Å². The molecule has 0 saturated carbocycles. The molecule has 2 aliphatic rings. The van der Waals surface area contributed by atoms with E-state index in [9.17, 15) is 14.7 Å². The van der Waals surface area contributed by atoms with Gasteiger partial charge in [0.05, 0.1) is 12.2 Å². The minimum absolute atomic E-state index is 0.122. The van der Waals surface area contributed by atoms with Crippen molar-refractivity contribution in [1.29, 1.82) is 0 Å². The Balaban J connectivity index is 1.37. The molecule has 5 rings (SSSR count). The number of piperidine rings is 1. The van der Waals surface area contributed by atoms with Crippen LogP contribution >= 0.6 is 0 Å². The second-order valence-corrected chi connectivity index (χ2v) is 9.04. The van der Waals surface area contributed by atoms with Crippen LogP contribution < -0.4 is 0 Å². The number of phenols is 1. The number of amides is 3. The number of benzene rings is 2. The quantitative estimate of drug-likeness (QED) is 0.571. The normalized spacial score (nSPS) is 18.1. The molecule has 1 N–H and O–H groups in total. The van der Waals surface area contributed by atoms with Crippen LogP contribution in [0.5, 0.6) is 5.75 Å². The molecule has 0 atom stereocenters. The summed E-state index contributed by atoms with van der Waals surface area (Å²) in [5, 5.41) is 9.54. The van der Waals surface area contributed by atoms with Gasteiger partial charge in [-0.15, -0.1) is 0 Å². The Morgan fingerprint density at radius 3 is 2.15 bits per heavy atom. The number of hydrogen-bond donors (Lipinski definition) is 1. The van der Waals surface area contributed by atoms with Crippen molar-refractivity contribution in [1.82, 2.24) is 19.7 Å². The zero-order valence-corrected chi connectivity index (χ0v) is 19.0. The lowest BCUT2D eigenvalue weighted by molar-refractivity contribution is -0.136. The number of aromatic nitrogens is 1. The summed E-state index contributed by atoms with van der Waals surface area (Å²) in [6.45, 7) is 2.75. The molecule has 2 saturated heterocycles. The highest BCUT2D eigenvalue weighted by Crippen LogP contribution is 2.39. The van der Waals surface area contributed by atoms with Gasteiger partial charge in [-0.1, -0.05) is 48.5 Å². The first-order valence-corrected chi connectivity index (χ1v) is 11.6. The third kappa shape index (κ3) is 4.26. The van der Waals surface area contributed by atoms with Crippen LogP contribution in [0.2, 0.25) is 0 Å². The molecule has 174 valence electrons. The maximum atomic E-state index is 13.8. The lowest BCUT2D eigenvalue weighted by atomic mass is 9.85. The van der Waals surface area contributed by atoms with Gasteiger partial charge in [0.15, 0.2) is 0 Å². The third-order valence-corrected chi connectivity index (χ3v) is 6.88. The fraction of sp³-hybridized carbons (Fsp3) is 0.296. The van der Waals surface area contributed by atoms with Crippen LogP contribution in [0.1, 0.15) is 29.7 Å². The molecule has 1 aromatic heterocycles. The van der Waals surface area contributed by atoms with Crippen LogP contribution in [0.15, 0.2) is 79.0 Å². The van der Waals surface area contributed by atoms with E-state index in [1.54, 1.807) is 23.2 Å². The predicted molar refractivity (Wildman–Crippen MR) is 128 cm³/mol. The molecular formula is C27H28N4O3. The van der Waals surface area contributed by atoms with Crippen LogP contribution in [0.3, 0.4) is 0 Å². The second-order valence-electron chi connectivity index (χ2n) is 9.04. The number of hydrogen-bond acceptors (Lipinski definition) is 5. The lowest BCUT2D eigenvalue weighted by Crippen LogP contribution is -2.56. The van der Waals surface area contributed by atoms with Crippen LogP contribution in [0.25, 0.3) is 0 Å². The first-order chi connectivity index (χ1) is 16.5.